The van der Waals surface area contributed by atoms with E-state index >= 15 is 0 Å². The van der Waals surface area contributed by atoms with E-state index in [2.05, 4.69) is 18.7 Å². The number of ether oxygens (including phenoxy) is 4. The lowest BCUT2D eigenvalue weighted by Gasteiger charge is -2.31. The van der Waals surface area contributed by atoms with Crippen LogP contribution in [0.25, 0.3) is 21.5 Å². The number of hydrogen-bond donors (Lipinski definition) is 0. The van der Waals surface area contributed by atoms with Gasteiger partial charge in [0.2, 0.25) is 0 Å². The minimum Gasteiger partial charge on any atom is -0.490 e. The number of hydrogen-bond acceptors (Lipinski definition) is 8. The van der Waals surface area contributed by atoms with Gasteiger partial charge >= 0.3 is 24.3 Å². The van der Waals surface area contributed by atoms with Gasteiger partial charge in [-0.3, -0.25) is 19.3 Å². The topological polar surface area (TPSA) is 91.4 Å². The maximum absolute atomic E-state index is 14.2. The molecule has 8 nitrogen and oxygen atoms in total. The van der Waals surface area contributed by atoms with Crippen molar-refractivity contribution in [3.8, 4) is 11.5 Å². The van der Waals surface area contributed by atoms with Gasteiger partial charge in [-0.25, -0.2) is 0 Å². The molecular weight excluding hydrogens is 901 g/mol. The second-order valence-electron chi connectivity index (χ2n) is 19.3. The lowest BCUT2D eigenvalue weighted by atomic mass is 9.89. The van der Waals surface area contributed by atoms with Crippen molar-refractivity contribution in [2.45, 2.75) is 155 Å². The summed E-state index contributed by atoms with van der Waals surface area (Å²) >= 11 is 0. The third-order valence-electron chi connectivity index (χ3n) is 14.2. The molecule has 0 amide bonds. The number of likely N-dealkylation sites (tertiary alicyclic amines) is 1. The van der Waals surface area contributed by atoms with Gasteiger partial charge in [-0.05, 0) is 161 Å². The van der Waals surface area contributed by atoms with E-state index in [-0.39, 0.29) is 63.8 Å². The number of benzene rings is 4. The molecule has 4 fully saturated rings. The molecule has 4 aromatic carbocycles. The first-order valence-electron chi connectivity index (χ1n) is 25.1. The lowest BCUT2D eigenvalue weighted by molar-refractivity contribution is -0.150. The average Bonchev–Trinajstić information content (AvgIpc) is 3.33. The summed E-state index contributed by atoms with van der Waals surface area (Å²) in [6.07, 6.45) is 5.36. The number of piperidine rings is 1. The Morgan fingerprint density at radius 3 is 1.48 bits per heavy atom. The first kappa shape index (κ1) is 53.5. The van der Waals surface area contributed by atoms with Crippen molar-refractivity contribution in [2.75, 3.05) is 26.3 Å². The maximum Gasteiger partial charge on any atom is 0.420 e. The smallest absolute Gasteiger partial charge is 0.420 e. The van der Waals surface area contributed by atoms with Crippen molar-refractivity contribution in [3.63, 3.8) is 0 Å². The van der Waals surface area contributed by atoms with Crippen molar-refractivity contribution in [2.24, 2.45) is 23.7 Å². The number of rotatable bonds is 11. The van der Waals surface area contributed by atoms with Gasteiger partial charge in [0.15, 0.2) is 6.29 Å². The molecule has 0 spiro atoms. The van der Waals surface area contributed by atoms with Gasteiger partial charge in [0.1, 0.15) is 22.6 Å². The van der Waals surface area contributed by atoms with Gasteiger partial charge in [-0.1, -0.05) is 75.6 Å². The number of alkyl halides is 6. The first-order chi connectivity index (χ1) is 33.0. The number of carbonyl (C=O) groups excluding carboxylic acids is 3. The van der Waals surface area contributed by atoms with E-state index < -0.39 is 23.5 Å². The molecule has 0 aromatic heterocycles. The fourth-order valence-corrected chi connectivity index (χ4v) is 10.3. The summed E-state index contributed by atoms with van der Waals surface area (Å²) in [4.78, 5) is 36.5. The van der Waals surface area contributed by atoms with Gasteiger partial charge < -0.3 is 18.9 Å². The molecule has 1 heterocycles. The van der Waals surface area contributed by atoms with Crippen LogP contribution in [-0.4, -0.2) is 61.6 Å². The minimum atomic E-state index is -4.54. The predicted octanol–water partition coefficient (Wildman–Crippen LogP) is 14.3. The van der Waals surface area contributed by atoms with Crippen LogP contribution in [0.3, 0.4) is 0 Å². The van der Waals surface area contributed by atoms with E-state index in [4.69, 9.17) is 18.9 Å². The molecule has 3 aliphatic carbocycles. The van der Waals surface area contributed by atoms with Gasteiger partial charge in [-0.2, -0.15) is 26.3 Å². The number of fused-ring (bicyclic) bond motifs is 2. The van der Waals surface area contributed by atoms with Gasteiger partial charge in [0.25, 0.3) is 0 Å². The fraction of sp³-hybridized carbons (Fsp3) is 0.582. The van der Waals surface area contributed by atoms with E-state index in [1.54, 1.807) is 25.1 Å². The Balaban J connectivity index is 0.000000193. The number of carbonyl (C=O) groups is 3. The highest BCUT2D eigenvalue weighted by atomic mass is 19.4. The molecule has 0 radical (unpaired) electrons. The summed E-state index contributed by atoms with van der Waals surface area (Å²) in [5, 5.41) is 1.10. The Morgan fingerprint density at radius 1 is 0.565 bits per heavy atom. The van der Waals surface area contributed by atoms with Gasteiger partial charge in [-0.15, -0.1) is 0 Å². The largest absolute Gasteiger partial charge is 0.490 e. The zero-order valence-corrected chi connectivity index (χ0v) is 40.5. The molecule has 0 atom stereocenters. The molecule has 0 unspecified atom stereocenters. The predicted molar refractivity (Wildman–Crippen MR) is 255 cm³/mol. The first-order valence-corrected chi connectivity index (χ1v) is 25.1. The molecule has 378 valence electrons. The molecule has 14 heteroatoms. The number of esters is 2. The fourth-order valence-electron chi connectivity index (χ4n) is 10.3. The summed E-state index contributed by atoms with van der Waals surface area (Å²) in [6, 6.07) is 15.7. The number of aldehydes is 1. The standard InChI is InChI=1S/C27H34F3NO3.C19H19F3O2.C9H16O2/c1-3-33-26(32)19-13-15-31(16-14-19)17-20-5-4-6-23-22(20)11-12-24(25(23)27(28,29)30)34-21-9-7-18(2)8-10-21;1-12-5-7-14(8-6-12)24-17-10-9-15-13(11-23)3-2-4-16(15)18(17)19(20,21)22;1-2-11-9(10)8-6-4-3-5-7-8/h4-6,11-12,18-19,21H,3,7-10,13-17H2,1-2H3;2-4,9-12,14H,5-8H2,1H3;8H,2-7H2,1H3. The van der Waals surface area contributed by atoms with Crippen molar-refractivity contribution >= 4 is 39.8 Å². The second kappa shape index (κ2) is 24.8. The van der Waals surface area contributed by atoms with Crippen LogP contribution >= 0.6 is 0 Å². The molecule has 1 aliphatic heterocycles. The highest BCUT2D eigenvalue weighted by molar-refractivity contribution is 6.00. The molecule has 3 saturated carbocycles. The number of halogens is 6. The molecule has 4 aromatic rings. The van der Waals surface area contributed by atoms with Crippen LogP contribution in [0, 0.1) is 23.7 Å². The van der Waals surface area contributed by atoms with Crippen molar-refractivity contribution in [1.82, 2.24) is 4.90 Å². The van der Waals surface area contributed by atoms with Crippen LogP contribution in [-0.2, 0) is 38.0 Å². The minimum absolute atomic E-state index is 0.00813. The summed E-state index contributed by atoms with van der Waals surface area (Å²) in [5.41, 5.74) is -0.361. The third-order valence-corrected chi connectivity index (χ3v) is 14.2. The number of nitrogens with zero attached hydrogens (tertiary/aromatic N) is 1. The lowest BCUT2D eigenvalue weighted by Crippen LogP contribution is -2.36. The summed E-state index contributed by atoms with van der Waals surface area (Å²) < 4.78 is 105. The van der Waals surface area contributed by atoms with Gasteiger partial charge in [0, 0.05) is 12.1 Å². The highest BCUT2D eigenvalue weighted by Crippen LogP contribution is 2.45. The monoisotopic (exact) mass is 969 g/mol. The Morgan fingerprint density at radius 2 is 1.01 bits per heavy atom. The normalized spacial score (nSPS) is 21.8. The SMILES string of the molecule is CC1CCC(Oc2ccc3c(C=O)cccc3c2C(F)(F)F)CC1.CCOC(=O)C1CCCCC1.CCOC(=O)C1CCN(Cc2cccc3c(C(F)(F)F)c(OC4CCC(C)CC4)ccc23)CC1. The maximum atomic E-state index is 14.2. The van der Waals surface area contributed by atoms with Crippen molar-refractivity contribution in [3.05, 3.63) is 82.9 Å². The molecule has 69 heavy (non-hydrogen) atoms. The van der Waals surface area contributed by atoms with Crippen LogP contribution in [0.4, 0.5) is 26.3 Å². The van der Waals surface area contributed by atoms with E-state index in [9.17, 15) is 40.7 Å². The van der Waals surface area contributed by atoms with E-state index in [1.807, 2.05) is 13.0 Å². The van der Waals surface area contributed by atoms with E-state index in [0.717, 1.165) is 69.8 Å². The summed E-state index contributed by atoms with van der Waals surface area (Å²) in [6.45, 7) is 10.9. The highest BCUT2D eigenvalue weighted by Gasteiger charge is 2.39. The van der Waals surface area contributed by atoms with Crippen molar-refractivity contribution in [1.29, 1.82) is 0 Å². The zero-order chi connectivity index (χ0) is 49.7. The van der Waals surface area contributed by atoms with Crippen LogP contribution in [0.15, 0.2) is 60.7 Å². The quantitative estimate of drug-likeness (QED) is 0.0834. The second-order valence-corrected chi connectivity index (χ2v) is 19.3. The molecule has 1 saturated heterocycles. The molecular formula is C55H69F6NO7. The van der Waals surface area contributed by atoms with Crippen LogP contribution < -0.4 is 9.47 Å². The average molecular weight is 970 g/mol. The van der Waals surface area contributed by atoms with Crippen LogP contribution in [0.2, 0.25) is 0 Å². The van der Waals surface area contributed by atoms with E-state index in [1.165, 1.54) is 55.7 Å². The van der Waals surface area contributed by atoms with Crippen LogP contribution in [0.5, 0.6) is 11.5 Å². The Labute approximate surface area is 402 Å². The summed E-state index contributed by atoms with van der Waals surface area (Å²) in [5.74, 6) is 0.979. The molecule has 8 rings (SSSR count). The Kier molecular flexibility index (Phi) is 19.2. The van der Waals surface area contributed by atoms with E-state index in [0.29, 0.717) is 74.6 Å². The Hall–Kier alpha value is -4.85. The zero-order valence-electron chi connectivity index (χ0n) is 40.5. The molecule has 0 N–H and O–H groups in total. The van der Waals surface area contributed by atoms with Crippen molar-refractivity contribution < 1.29 is 59.7 Å². The van der Waals surface area contributed by atoms with Gasteiger partial charge in [0.05, 0.1) is 37.3 Å². The molecule has 4 aliphatic rings. The Bertz CT molecular complexity index is 2300. The summed E-state index contributed by atoms with van der Waals surface area (Å²) in [7, 11) is 0. The molecule has 0 bridgehead atoms. The third kappa shape index (κ3) is 14.6. The van der Waals surface area contributed by atoms with Crippen LogP contribution in [0.1, 0.15) is 151 Å².